The Morgan fingerprint density at radius 1 is 1.47 bits per heavy atom. The van der Waals surface area contributed by atoms with Gasteiger partial charge >= 0.3 is 0 Å². The zero-order valence-corrected chi connectivity index (χ0v) is 10.2. The highest BCUT2D eigenvalue weighted by Gasteiger charge is 2.20. The van der Waals surface area contributed by atoms with Gasteiger partial charge in [-0.1, -0.05) is 11.3 Å². The zero-order valence-electron chi connectivity index (χ0n) is 9.40. The summed E-state index contributed by atoms with van der Waals surface area (Å²) < 4.78 is 10.9. The Morgan fingerprint density at radius 2 is 2.35 bits per heavy atom. The zero-order chi connectivity index (χ0) is 11.8. The van der Waals surface area contributed by atoms with E-state index >= 15 is 0 Å². The van der Waals surface area contributed by atoms with Gasteiger partial charge in [0.25, 0.3) is 0 Å². The minimum Gasteiger partial charge on any atom is -0.497 e. The number of thiazole rings is 1. The SMILES string of the molecule is COc1ccc2c(c1)-c1sc(N)nc1CCO2. The van der Waals surface area contributed by atoms with Gasteiger partial charge in [-0.3, -0.25) is 0 Å². The van der Waals surface area contributed by atoms with E-state index in [2.05, 4.69) is 4.98 Å². The van der Waals surface area contributed by atoms with Crippen molar-refractivity contribution in [3.05, 3.63) is 23.9 Å². The molecule has 4 nitrogen and oxygen atoms in total. The first-order valence-corrected chi connectivity index (χ1v) is 6.16. The minimum atomic E-state index is 0.602. The second-order valence-corrected chi connectivity index (χ2v) is 4.82. The van der Waals surface area contributed by atoms with Gasteiger partial charge in [-0.25, -0.2) is 4.98 Å². The molecule has 17 heavy (non-hydrogen) atoms. The average Bonchev–Trinajstić information content (AvgIpc) is 2.63. The summed E-state index contributed by atoms with van der Waals surface area (Å²) in [4.78, 5) is 5.43. The number of anilines is 1. The molecule has 0 aliphatic carbocycles. The molecule has 0 radical (unpaired) electrons. The standard InChI is InChI=1S/C12H12N2O2S/c1-15-7-2-3-10-8(6-7)11-9(4-5-16-10)14-12(13)17-11/h2-3,6H,4-5H2,1H3,(H2,13,14). The summed E-state index contributed by atoms with van der Waals surface area (Å²) in [5.41, 5.74) is 7.81. The van der Waals surface area contributed by atoms with Crippen LogP contribution < -0.4 is 15.2 Å². The predicted octanol–water partition coefficient (Wildman–Crippen LogP) is 2.34. The molecule has 0 saturated heterocycles. The van der Waals surface area contributed by atoms with Crippen molar-refractivity contribution in [3.63, 3.8) is 0 Å². The van der Waals surface area contributed by atoms with Crippen molar-refractivity contribution in [3.8, 4) is 21.9 Å². The van der Waals surface area contributed by atoms with Crippen LogP contribution in [0.5, 0.6) is 11.5 Å². The smallest absolute Gasteiger partial charge is 0.180 e. The predicted molar refractivity (Wildman–Crippen MR) is 67.7 cm³/mol. The van der Waals surface area contributed by atoms with Gasteiger partial charge in [0.1, 0.15) is 11.5 Å². The van der Waals surface area contributed by atoms with E-state index in [4.69, 9.17) is 15.2 Å². The van der Waals surface area contributed by atoms with Gasteiger partial charge in [-0.05, 0) is 18.2 Å². The van der Waals surface area contributed by atoms with Crippen molar-refractivity contribution < 1.29 is 9.47 Å². The molecule has 1 aromatic carbocycles. The van der Waals surface area contributed by atoms with Gasteiger partial charge in [0.15, 0.2) is 5.13 Å². The lowest BCUT2D eigenvalue weighted by atomic mass is 10.1. The third kappa shape index (κ3) is 1.72. The topological polar surface area (TPSA) is 57.4 Å². The van der Waals surface area contributed by atoms with Crippen LogP contribution in [-0.4, -0.2) is 18.7 Å². The van der Waals surface area contributed by atoms with Crippen molar-refractivity contribution in [2.75, 3.05) is 19.5 Å². The number of hydrogen-bond donors (Lipinski definition) is 1. The van der Waals surface area contributed by atoms with Crippen LogP contribution in [-0.2, 0) is 6.42 Å². The van der Waals surface area contributed by atoms with Gasteiger partial charge in [0.05, 0.1) is 24.3 Å². The molecule has 0 saturated carbocycles. The van der Waals surface area contributed by atoms with E-state index in [1.54, 1.807) is 7.11 Å². The third-order valence-corrected chi connectivity index (χ3v) is 3.70. The molecule has 0 unspecified atom stereocenters. The highest BCUT2D eigenvalue weighted by molar-refractivity contribution is 7.18. The van der Waals surface area contributed by atoms with Crippen LogP contribution in [0.15, 0.2) is 18.2 Å². The Balaban J connectivity index is 2.22. The second-order valence-electron chi connectivity index (χ2n) is 3.79. The minimum absolute atomic E-state index is 0.602. The van der Waals surface area contributed by atoms with Crippen LogP contribution >= 0.6 is 11.3 Å². The number of hydrogen-bond acceptors (Lipinski definition) is 5. The molecule has 0 fully saturated rings. The van der Waals surface area contributed by atoms with E-state index in [-0.39, 0.29) is 0 Å². The van der Waals surface area contributed by atoms with Crippen molar-refractivity contribution in [1.29, 1.82) is 0 Å². The Morgan fingerprint density at radius 3 is 3.18 bits per heavy atom. The number of nitrogens with zero attached hydrogens (tertiary/aromatic N) is 1. The number of methoxy groups -OCH3 is 1. The Hall–Kier alpha value is -1.75. The fourth-order valence-electron chi connectivity index (χ4n) is 1.95. The Kier molecular flexibility index (Phi) is 2.40. The Bertz CT molecular complexity index is 566. The molecule has 0 amide bonds. The highest BCUT2D eigenvalue weighted by Crippen LogP contribution is 2.41. The van der Waals surface area contributed by atoms with Crippen molar-refractivity contribution in [2.45, 2.75) is 6.42 Å². The Labute approximate surface area is 103 Å². The number of rotatable bonds is 1. The van der Waals surface area contributed by atoms with Crippen LogP contribution in [0.3, 0.4) is 0 Å². The van der Waals surface area contributed by atoms with Crippen molar-refractivity contribution >= 4 is 16.5 Å². The summed E-state index contributed by atoms with van der Waals surface area (Å²) in [6.45, 7) is 0.634. The summed E-state index contributed by atoms with van der Waals surface area (Å²) in [5.74, 6) is 1.68. The van der Waals surface area contributed by atoms with Crippen LogP contribution in [0.4, 0.5) is 5.13 Å². The fourth-order valence-corrected chi connectivity index (χ4v) is 2.85. The number of benzene rings is 1. The van der Waals surface area contributed by atoms with E-state index in [9.17, 15) is 0 Å². The van der Waals surface area contributed by atoms with Gasteiger partial charge in [-0.15, -0.1) is 0 Å². The molecular weight excluding hydrogens is 236 g/mol. The lowest BCUT2D eigenvalue weighted by molar-refractivity contribution is 0.324. The summed E-state index contributed by atoms with van der Waals surface area (Å²) >= 11 is 1.50. The first-order valence-electron chi connectivity index (χ1n) is 5.34. The first-order chi connectivity index (χ1) is 8.28. The van der Waals surface area contributed by atoms with Crippen LogP contribution in [0, 0.1) is 0 Å². The number of aromatic nitrogens is 1. The van der Waals surface area contributed by atoms with Gasteiger partial charge in [-0.2, -0.15) is 0 Å². The lowest BCUT2D eigenvalue weighted by Crippen LogP contribution is -1.99. The number of nitrogen functional groups attached to an aromatic ring is 1. The summed E-state index contributed by atoms with van der Waals surface area (Å²) in [6.07, 6.45) is 0.792. The summed E-state index contributed by atoms with van der Waals surface area (Å²) in [5, 5.41) is 0.602. The molecule has 0 bridgehead atoms. The molecule has 2 heterocycles. The molecule has 1 aromatic heterocycles. The molecule has 1 aliphatic rings. The molecule has 3 rings (SSSR count). The number of nitrogens with two attached hydrogens (primary N) is 1. The monoisotopic (exact) mass is 248 g/mol. The maximum Gasteiger partial charge on any atom is 0.180 e. The van der Waals surface area contributed by atoms with Crippen LogP contribution in [0.1, 0.15) is 5.69 Å². The van der Waals surface area contributed by atoms with Crippen LogP contribution in [0.2, 0.25) is 0 Å². The van der Waals surface area contributed by atoms with Crippen molar-refractivity contribution in [1.82, 2.24) is 4.98 Å². The van der Waals surface area contributed by atoms with E-state index in [1.807, 2.05) is 18.2 Å². The summed E-state index contributed by atoms with van der Waals surface area (Å²) in [6, 6.07) is 5.80. The molecule has 0 atom stereocenters. The van der Waals surface area contributed by atoms with Crippen molar-refractivity contribution in [2.24, 2.45) is 0 Å². The number of fused-ring (bicyclic) bond motifs is 3. The molecule has 5 heteroatoms. The molecule has 88 valence electrons. The normalized spacial score (nSPS) is 13.2. The van der Waals surface area contributed by atoms with Gasteiger partial charge in [0, 0.05) is 12.0 Å². The van der Waals surface area contributed by atoms with Gasteiger partial charge < -0.3 is 15.2 Å². The first kappa shape index (κ1) is 10.4. The van der Waals surface area contributed by atoms with Crippen LogP contribution in [0.25, 0.3) is 10.4 Å². The average molecular weight is 248 g/mol. The van der Waals surface area contributed by atoms with E-state index in [1.165, 1.54) is 11.3 Å². The van der Waals surface area contributed by atoms with Gasteiger partial charge in [0.2, 0.25) is 0 Å². The fraction of sp³-hybridized carbons (Fsp3) is 0.250. The second kappa shape index (κ2) is 3.92. The third-order valence-electron chi connectivity index (χ3n) is 2.74. The molecule has 0 spiro atoms. The number of ether oxygens (including phenoxy) is 2. The molecule has 2 aromatic rings. The lowest BCUT2D eigenvalue weighted by Gasteiger charge is -2.08. The molecular formula is C12H12N2O2S. The molecule has 2 N–H and O–H groups in total. The maximum absolute atomic E-state index is 5.77. The summed E-state index contributed by atoms with van der Waals surface area (Å²) in [7, 11) is 1.65. The molecule has 1 aliphatic heterocycles. The van der Waals surface area contributed by atoms with E-state index in [0.29, 0.717) is 11.7 Å². The van der Waals surface area contributed by atoms with E-state index < -0.39 is 0 Å². The largest absolute Gasteiger partial charge is 0.497 e. The van der Waals surface area contributed by atoms with E-state index in [0.717, 1.165) is 34.1 Å². The quantitative estimate of drug-likeness (QED) is 0.841. The highest BCUT2D eigenvalue weighted by atomic mass is 32.1. The maximum atomic E-state index is 5.77.